The zero-order valence-electron chi connectivity index (χ0n) is 9.39. The van der Waals surface area contributed by atoms with Crippen LogP contribution in [0.4, 0.5) is 8.78 Å². The van der Waals surface area contributed by atoms with Crippen molar-refractivity contribution in [3.63, 3.8) is 0 Å². The molecule has 0 radical (unpaired) electrons. The Morgan fingerprint density at radius 1 is 1.24 bits per heavy atom. The highest BCUT2D eigenvalue weighted by Crippen LogP contribution is 2.23. The predicted molar refractivity (Wildman–Crippen MR) is 71.3 cm³/mol. The molecular formula is C12H14BrF2NS. The summed E-state index contributed by atoms with van der Waals surface area (Å²) in [5.41, 5.74) is 0.172. The molecule has 0 aliphatic carbocycles. The van der Waals surface area contributed by atoms with E-state index in [2.05, 4.69) is 20.8 Å². The first-order valence-electron chi connectivity index (χ1n) is 5.61. The van der Waals surface area contributed by atoms with Crippen LogP contribution in [0.5, 0.6) is 0 Å². The van der Waals surface area contributed by atoms with Crippen molar-refractivity contribution < 1.29 is 8.78 Å². The van der Waals surface area contributed by atoms with Crippen LogP contribution < -0.4 is 0 Å². The SMILES string of the molecule is Fc1ccc(Br)c(F)c1CN1CCCSCC1. The Morgan fingerprint density at radius 2 is 2.06 bits per heavy atom. The van der Waals surface area contributed by atoms with Crippen LogP contribution in [-0.2, 0) is 6.54 Å². The van der Waals surface area contributed by atoms with Gasteiger partial charge in [0.25, 0.3) is 0 Å². The van der Waals surface area contributed by atoms with Crippen LogP contribution in [0, 0.1) is 11.6 Å². The fourth-order valence-corrected chi connectivity index (χ4v) is 3.19. The second-order valence-corrected chi connectivity index (χ2v) is 6.14. The summed E-state index contributed by atoms with van der Waals surface area (Å²) in [6, 6.07) is 2.72. The lowest BCUT2D eigenvalue weighted by molar-refractivity contribution is 0.278. The van der Waals surface area contributed by atoms with Crippen LogP contribution in [0.15, 0.2) is 16.6 Å². The molecule has 17 heavy (non-hydrogen) atoms. The van der Waals surface area contributed by atoms with Gasteiger partial charge >= 0.3 is 0 Å². The third-order valence-electron chi connectivity index (χ3n) is 2.84. The highest BCUT2D eigenvalue weighted by molar-refractivity contribution is 9.10. The third-order valence-corrected chi connectivity index (χ3v) is 4.50. The van der Waals surface area contributed by atoms with Gasteiger partial charge in [0, 0.05) is 24.4 Å². The lowest BCUT2D eigenvalue weighted by atomic mass is 10.2. The Balaban J connectivity index is 2.14. The minimum atomic E-state index is -0.470. The van der Waals surface area contributed by atoms with Gasteiger partial charge in [-0.15, -0.1) is 0 Å². The number of hydrogen-bond acceptors (Lipinski definition) is 2. The molecule has 0 unspecified atom stereocenters. The molecular weight excluding hydrogens is 308 g/mol. The van der Waals surface area contributed by atoms with E-state index in [1.807, 2.05) is 11.8 Å². The first-order chi connectivity index (χ1) is 8.18. The van der Waals surface area contributed by atoms with E-state index in [0.29, 0.717) is 11.0 Å². The van der Waals surface area contributed by atoms with Crippen LogP contribution >= 0.6 is 27.7 Å². The van der Waals surface area contributed by atoms with Gasteiger partial charge in [0.15, 0.2) is 0 Å². The lowest BCUT2D eigenvalue weighted by Crippen LogP contribution is -2.26. The highest BCUT2D eigenvalue weighted by atomic mass is 79.9. The van der Waals surface area contributed by atoms with E-state index < -0.39 is 11.6 Å². The summed E-state index contributed by atoms with van der Waals surface area (Å²) in [6.45, 7) is 2.17. The molecule has 1 saturated heterocycles. The molecule has 2 rings (SSSR count). The molecule has 0 saturated carbocycles. The van der Waals surface area contributed by atoms with Gasteiger partial charge in [-0.2, -0.15) is 11.8 Å². The molecule has 0 amide bonds. The molecule has 1 aliphatic rings. The molecule has 1 aromatic rings. The topological polar surface area (TPSA) is 3.24 Å². The zero-order chi connectivity index (χ0) is 12.3. The summed E-state index contributed by atoms with van der Waals surface area (Å²) in [5, 5.41) is 0. The van der Waals surface area contributed by atoms with Crippen molar-refractivity contribution in [1.29, 1.82) is 0 Å². The number of benzene rings is 1. The van der Waals surface area contributed by atoms with Crippen molar-refractivity contribution in [2.75, 3.05) is 24.6 Å². The van der Waals surface area contributed by atoms with Crippen molar-refractivity contribution in [1.82, 2.24) is 4.90 Å². The van der Waals surface area contributed by atoms with Crippen molar-refractivity contribution in [3.05, 3.63) is 33.8 Å². The second-order valence-electron chi connectivity index (χ2n) is 4.06. The van der Waals surface area contributed by atoms with Gasteiger partial charge in [0.05, 0.1) is 4.47 Å². The van der Waals surface area contributed by atoms with E-state index in [1.165, 1.54) is 12.1 Å². The number of nitrogens with zero attached hydrogens (tertiary/aromatic N) is 1. The van der Waals surface area contributed by atoms with E-state index in [0.717, 1.165) is 31.0 Å². The molecule has 94 valence electrons. The van der Waals surface area contributed by atoms with Crippen molar-refractivity contribution in [3.8, 4) is 0 Å². The van der Waals surface area contributed by atoms with E-state index in [-0.39, 0.29) is 5.56 Å². The fraction of sp³-hybridized carbons (Fsp3) is 0.500. The van der Waals surface area contributed by atoms with Gasteiger partial charge in [-0.05, 0) is 46.8 Å². The normalized spacial score (nSPS) is 18.1. The Hall–Kier alpha value is -0.130. The Kier molecular flexibility index (Phi) is 4.82. The quantitative estimate of drug-likeness (QED) is 0.765. The summed E-state index contributed by atoms with van der Waals surface area (Å²) >= 11 is 5.00. The Labute approximate surface area is 113 Å². The van der Waals surface area contributed by atoms with E-state index in [4.69, 9.17) is 0 Å². The summed E-state index contributed by atoms with van der Waals surface area (Å²) in [7, 11) is 0. The zero-order valence-corrected chi connectivity index (χ0v) is 11.8. The molecule has 0 N–H and O–H groups in total. The number of thioether (sulfide) groups is 1. The number of hydrogen-bond donors (Lipinski definition) is 0. The second kappa shape index (κ2) is 6.16. The maximum absolute atomic E-state index is 13.8. The van der Waals surface area contributed by atoms with Gasteiger partial charge in [-0.1, -0.05) is 0 Å². The van der Waals surface area contributed by atoms with Crippen LogP contribution in [0.2, 0.25) is 0 Å². The monoisotopic (exact) mass is 321 g/mol. The standard InChI is InChI=1S/C12H14BrF2NS/c13-10-2-3-11(14)9(12(10)15)8-16-4-1-6-17-7-5-16/h2-3H,1,4-8H2. The number of rotatable bonds is 2. The molecule has 1 aliphatic heterocycles. The van der Waals surface area contributed by atoms with Gasteiger partial charge < -0.3 is 0 Å². The third kappa shape index (κ3) is 3.42. The van der Waals surface area contributed by atoms with Gasteiger partial charge in [-0.3, -0.25) is 4.90 Å². The molecule has 0 aromatic heterocycles. The maximum atomic E-state index is 13.8. The molecule has 1 aromatic carbocycles. The minimum Gasteiger partial charge on any atom is -0.298 e. The molecule has 1 nitrogen and oxygen atoms in total. The average molecular weight is 322 g/mol. The number of halogens is 3. The molecule has 0 bridgehead atoms. The molecule has 1 fully saturated rings. The Morgan fingerprint density at radius 3 is 2.88 bits per heavy atom. The van der Waals surface area contributed by atoms with Crippen LogP contribution in [0.1, 0.15) is 12.0 Å². The van der Waals surface area contributed by atoms with Gasteiger partial charge in [0.2, 0.25) is 0 Å². The van der Waals surface area contributed by atoms with Crippen LogP contribution in [0.3, 0.4) is 0 Å². The first kappa shape index (κ1) is 13.3. The van der Waals surface area contributed by atoms with E-state index in [9.17, 15) is 8.78 Å². The smallest absolute Gasteiger partial charge is 0.144 e. The van der Waals surface area contributed by atoms with E-state index >= 15 is 0 Å². The predicted octanol–water partition coefficient (Wildman–Crippen LogP) is 3.67. The summed E-state index contributed by atoms with van der Waals surface area (Å²) in [6.07, 6.45) is 1.09. The van der Waals surface area contributed by atoms with Crippen molar-refractivity contribution in [2.45, 2.75) is 13.0 Å². The highest BCUT2D eigenvalue weighted by Gasteiger charge is 2.17. The first-order valence-corrected chi connectivity index (χ1v) is 7.55. The van der Waals surface area contributed by atoms with Gasteiger partial charge in [0.1, 0.15) is 11.6 Å². The minimum absolute atomic E-state index is 0.172. The molecule has 5 heteroatoms. The van der Waals surface area contributed by atoms with Crippen molar-refractivity contribution in [2.24, 2.45) is 0 Å². The van der Waals surface area contributed by atoms with Gasteiger partial charge in [-0.25, -0.2) is 8.78 Å². The van der Waals surface area contributed by atoms with E-state index in [1.54, 1.807) is 0 Å². The summed E-state index contributed by atoms with van der Waals surface area (Å²) < 4.78 is 27.7. The average Bonchev–Trinajstić information content (AvgIpc) is 2.58. The molecule has 1 heterocycles. The molecule has 0 spiro atoms. The maximum Gasteiger partial charge on any atom is 0.144 e. The lowest BCUT2D eigenvalue weighted by Gasteiger charge is -2.20. The van der Waals surface area contributed by atoms with Crippen LogP contribution in [-0.4, -0.2) is 29.5 Å². The molecule has 0 atom stereocenters. The Bertz CT molecular complexity index is 392. The summed E-state index contributed by atoms with van der Waals surface area (Å²) in [4.78, 5) is 2.12. The fourth-order valence-electron chi connectivity index (χ4n) is 1.89. The van der Waals surface area contributed by atoms with Crippen LogP contribution in [0.25, 0.3) is 0 Å². The summed E-state index contributed by atoms with van der Waals surface area (Å²) in [5.74, 6) is 1.25. The van der Waals surface area contributed by atoms with Crippen molar-refractivity contribution >= 4 is 27.7 Å². The largest absolute Gasteiger partial charge is 0.298 e.